The van der Waals surface area contributed by atoms with E-state index in [0.717, 1.165) is 17.7 Å². The monoisotopic (exact) mass is 371 g/mol. The Morgan fingerprint density at radius 3 is 2.46 bits per heavy atom. The topological polar surface area (TPSA) is 53.5 Å². The smallest absolute Gasteiger partial charge is 0.272 e. The maximum Gasteiger partial charge on any atom is 0.272 e. The number of rotatable bonds is 3. The highest BCUT2D eigenvalue weighted by Crippen LogP contribution is 2.21. The highest BCUT2D eigenvalue weighted by molar-refractivity contribution is 6.07. The molecule has 0 aliphatic carbocycles. The summed E-state index contributed by atoms with van der Waals surface area (Å²) in [6.07, 6.45) is 2.36. The minimum Gasteiger partial charge on any atom is -0.333 e. The van der Waals surface area contributed by atoms with E-state index in [1.807, 2.05) is 42.5 Å². The van der Waals surface area contributed by atoms with E-state index in [0.29, 0.717) is 24.3 Å². The first-order valence-corrected chi connectivity index (χ1v) is 9.29. The summed E-state index contributed by atoms with van der Waals surface area (Å²) in [5.41, 5.74) is 3.99. The summed E-state index contributed by atoms with van der Waals surface area (Å²) < 4.78 is 0. The lowest BCUT2D eigenvalue weighted by Crippen LogP contribution is -2.36. The van der Waals surface area contributed by atoms with Crippen LogP contribution in [-0.4, -0.2) is 35.3 Å². The average molecular weight is 371 g/mol. The maximum absolute atomic E-state index is 13.0. The zero-order chi connectivity index (χ0) is 19.5. The van der Waals surface area contributed by atoms with Crippen LogP contribution in [0.4, 0.5) is 5.69 Å². The number of hydrogen-bond donors (Lipinski definition) is 0. The molecule has 140 valence electrons. The third kappa shape index (κ3) is 3.51. The first-order valence-electron chi connectivity index (χ1n) is 9.29. The predicted octanol–water partition coefficient (Wildman–Crippen LogP) is 3.56. The summed E-state index contributed by atoms with van der Waals surface area (Å²) in [6.45, 7) is 1.22. The van der Waals surface area contributed by atoms with Gasteiger partial charge in [0.2, 0.25) is 0 Å². The van der Waals surface area contributed by atoms with Crippen LogP contribution >= 0.6 is 0 Å². The number of amides is 2. The van der Waals surface area contributed by atoms with Crippen LogP contribution in [0.1, 0.15) is 32.0 Å². The van der Waals surface area contributed by atoms with Crippen LogP contribution in [0.25, 0.3) is 0 Å². The molecule has 0 radical (unpaired) electrons. The lowest BCUT2D eigenvalue weighted by atomic mass is 9.99. The van der Waals surface area contributed by atoms with Gasteiger partial charge >= 0.3 is 0 Å². The average Bonchev–Trinajstić information content (AvgIpc) is 2.78. The summed E-state index contributed by atoms with van der Waals surface area (Å²) in [5, 5.41) is 0. The fourth-order valence-electron chi connectivity index (χ4n) is 3.47. The minimum absolute atomic E-state index is 0.147. The van der Waals surface area contributed by atoms with E-state index in [1.165, 1.54) is 11.8 Å². The Hall–Kier alpha value is -3.47. The predicted molar refractivity (Wildman–Crippen MR) is 108 cm³/mol. The second-order valence-corrected chi connectivity index (χ2v) is 6.87. The zero-order valence-electron chi connectivity index (χ0n) is 15.7. The Morgan fingerprint density at radius 2 is 1.68 bits per heavy atom. The largest absolute Gasteiger partial charge is 0.333 e. The van der Waals surface area contributed by atoms with Gasteiger partial charge in [-0.15, -0.1) is 0 Å². The third-order valence-corrected chi connectivity index (χ3v) is 5.09. The molecule has 0 N–H and O–H groups in total. The molecule has 28 heavy (non-hydrogen) atoms. The van der Waals surface area contributed by atoms with Crippen molar-refractivity contribution < 1.29 is 9.59 Å². The molecule has 4 rings (SSSR count). The Labute approximate surface area is 164 Å². The Morgan fingerprint density at radius 1 is 0.964 bits per heavy atom. The molecule has 2 amide bonds. The molecule has 2 heterocycles. The van der Waals surface area contributed by atoms with Gasteiger partial charge in [0.15, 0.2) is 0 Å². The van der Waals surface area contributed by atoms with Crippen LogP contribution < -0.4 is 4.90 Å². The van der Waals surface area contributed by atoms with E-state index in [4.69, 9.17) is 0 Å². The van der Waals surface area contributed by atoms with E-state index in [-0.39, 0.29) is 11.8 Å². The number of nitrogens with zero attached hydrogens (tertiary/aromatic N) is 3. The fourth-order valence-corrected chi connectivity index (χ4v) is 3.47. The summed E-state index contributed by atoms with van der Waals surface area (Å²) >= 11 is 0. The van der Waals surface area contributed by atoms with Crippen molar-refractivity contribution in [2.75, 3.05) is 18.5 Å². The minimum atomic E-state index is -0.174. The number of aromatic nitrogens is 1. The van der Waals surface area contributed by atoms with Crippen molar-refractivity contribution in [3.05, 3.63) is 95.3 Å². The number of benzene rings is 2. The van der Waals surface area contributed by atoms with Crippen LogP contribution in [-0.2, 0) is 13.0 Å². The van der Waals surface area contributed by atoms with E-state index < -0.39 is 0 Å². The van der Waals surface area contributed by atoms with Gasteiger partial charge in [-0.3, -0.25) is 14.6 Å². The van der Waals surface area contributed by atoms with Crippen LogP contribution in [0.5, 0.6) is 0 Å². The molecule has 5 heteroatoms. The van der Waals surface area contributed by atoms with E-state index in [9.17, 15) is 9.59 Å². The molecule has 0 spiro atoms. The van der Waals surface area contributed by atoms with E-state index in [1.54, 1.807) is 29.0 Å². The zero-order valence-corrected chi connectivity index (χ0v) is 15.7. The summed E-state index contributed by atoms with van der Waals surface area (Å²) in [5.74, 6) is -0.321. The van der Waals surface area contributed by atoms with Gasteiger partial charge in [-0.1, -0.05) is 42.5 Å². The van der Waals surface area contributed by atoms with Gasteiger partial charge in [0.05, 0.1) is 0 Å². The number of para-hydroxylation sites is 1. The molecule has 0 saturated carbocycles. The molecule has 0 fully saturated rings. The molecule has 5 nitrogen and oxygen atoms in total. The van der Waals surface area contributed by atoms with Crippen LogP contribution in [0.2, 0.25) is 0 Å². The van der Waals surface area contributed by atoms with E-state index in [2.05, 4.69) is 17.1 Å². The molecular weight excluding hydrogens is 350 g/mol. The number of carbonyl (C=O) groups is 2. The van der Waals surface area contributed by atoms with Crippen LogP contribution in [0, 0.1) is 0 Å². The molecular formula is C23H21N3O2. The highest BCUT2D eigenvalue weighted by atomic mass is 16.2. The normalized spacial score (nSPS) is 13.0. The van der Waals surface area contributed by atoms with Crippen molar-refractivity contribution in [1.29, 1.82) is 0 Å². The fraction of sp³-hybridized carbons (Fsp3) is 0.174. The summed E-state index contributed by atoms with van der Waals surface area (Å²) in [7, 11) is 1.72. The van der Waals surface area contributed by atoms with Crippen molar-refractivity contribution in [1.82, 2.24) is 9.88 Å². The van der Waals surface area contributed by atoms with Gasteiger partial charge in [-0.25, -0.2) is 0 Å². The molecule has 1 aliphatic rings. The second kappa shape index (κ2) is 7.64. The molecule has 0 unspecified atom stereocenters. The number of fused-ring (bicyclic) bond motifs is 1. The van der Waals surface area contributed by atoms with Gasteiger partial charge < -0.3 is 9.80 Å². The summed E-state index contributed by atoms with van der Waals surface area (Å²) in [6, 6.07) is 20.8. The Kier molecular flexibility index (Phi) is 4.89. The Bertz CT molecular complexity index is 1020. The molecule has 1 aromatic heterocycles. The third-order valence-electron chi connectivity index (χ3n) is 5.09. The SMILES string of the molecule is CN(C(=O)c1ccnc(C(=O)N2CCc3ccccc3C2)c1)c1ccccc1. The van der Waals surface area contributed by atoms with Gasteiger partial charge in [0, 0.05) is 37.6 Å². The Balaban J connectivity index is 1.54. The molecule has 3 aromatic rings. The first-order chi connectivity index (χ1) is 13.6. The van der Waals surface area contributed by atoms with Gasteiger partial charge in [-0.05, 0) is 41.8 Å². The number of hydrogen-bond acceptors (Lipinski definition) is 3. The molecule has 0 saturated heterocycles. The summed E-state index contributed by atoms with van der Waals surface area (Å²) in [4.78, 5) is 33.4. The molecule has 0 bridgehead atoms. The van der Waals surface area contributed by atoms with Crippen molar-refractivity contribution in [2.45, 2.75) is 13.0 Å². The second-order valence-electron chi connectivity index (χ2n) is 6.87. The standard InChI is InChI=1S/C23H21N3O2/c1-25(20-9-3-2-4-10-20)22(27)18-11-13-24-21(15-18)23(28)26-14-12-17-7-5-6-8-19(17)16-26/h2-11,13,15H,12,14,16H2,1H3. The number of anilines is 1. The van der Waals surface area contributed by atoms with Gasteiger partial charge in [0.1, 0.15) is 5.69 Å². The van der Waals surface area contributed by atoms with Crippen molar-refractivity contribution >= 4 is 17.5 Å². The van der Waals surface area contributed by atoms with Crippen molar-refractivity contribution in [3.8, 4) is 0 Å². The first kappa shape index (κ1) is 17.9. The van der Waals surface area contributed by atoms with Crippen molar-refractivity contribution in [3.63, 3.8) is 0 Å². The number of pyridine rings is 1. The molecule has 1 aliphatic heterocycles. The van der Waals surface area contributed by atoms with Crippen molar-refractivity contribution in [2.24, 2.45) is 0 Å². The highest BCUT2D eigenvalue weighted by Gasteiger charge is 2.23. The van der Waals surface area contributed by atoms with Crippen LogP contribution in [0.15, 0.2) is 72.9 Å². The molecule has 0 atom stereocenters. The number of carbonyl (C=O) groups excluding carboxylic acids is 2. The quantitative estimate of drug-likeness (QED) is 0.707. The molecule has 2 aromatic carbocycles. The van der Waals surface area contributed by atoms with Gasteiger partial charge in [-0.2, -0.15) is 0 Å². The van der Waals surface area contributed by atoms with Gasteiger partial charge in [0.25, 0.3) is 11.8 Å². The lowest BCUT2D eigenvalue weighted by molar-refractivity contribution is 0.0728. The maximum atomic E-state index is 13.0. The van der Waals surface area contributed by atoms with E-state index >= 15 is 0 Å². The lowest BCUT2D eigenvalue weighted by Gasteiger charge is -2.28. The van der Waals surface area contributed by atoms with Crippen LogP contribution in [0.3, 0.4) is 0 Å².